The van der Waals surface area contributed by atoms with Crippen molar-refractivity contribution in [3.05, 3.63) is 34.4 Å². The molecule has 1 aromatic rings. The highest BCUT2D eigenvalue weighted by Gasteiger charge is 2.20. The third-order valence-corrected chi connectivity index (χ3v) is 4.19. The van der Waals surface area contributed by atoms with E-state index in [1.54, 1.807) is 18.2 Å². The van der Waals surface area contributed by atoms with Gasteiger partial charge in [0.05, 0.1) is 15.7 Å². The molecule has 0 bridgehead atoms. The summed E-state index contributed by atoms with van der Waals surface area (Å²) < 4.78 is 12.2. The minimum Gasteiger partial charge on any atom is -0.313 e. The quantitative estimate of drug-likeness (QED) is 0.608. The molecule has 18 heavy (non-hydrogen) atoms. The summed E-state index contributed by atoms with van der Waals surface area (Å²) in [6.45, 7) is 4.78. The topological polar surface area (TPSA) is 72.2 Å². The molecule has 0 aliphatic carbocycles. The predicted molar refractivity (Wildman–Crippen MR) is 72.1 cm³/mol. The molecule has 5 nitrogen and oxygen atoms in total. The Hall–Kier alpha value is -1.27. The third kappa shape index (κ3) is 3.89. The number of para-hydroxylation sites is 1. The minimum absolute atomic E-state index is 0.0674. The number of benzene rings is 1. The lowest BCUT2D eigenvalue weighted by atomic mass is 10.2. The molecule has 2 atom stereocenters. The van der Waals surface area contributed by atoms with Gasteiger partial charge in [0.25, 0.3) is 5.69 Å². The lowest BCUT2D eigenvalue weighted by Crippen LogP contribution is -2.33. The highest BCUT2D eigenvalue weighted by atomic mass is 32.2. The molecule has 0 fully saturated rings. The van der Waals surface area contributed by atoms with E-state index in [1.807, 2.05) is 13.8 Å². The van der Waals surface area contributed by atoms with Crippen molar-refractivity contribution >= 4 is 16.5 Å². The molecule has 0 saturated heterocycles. The van der Waals surface area contributed by atoms with E-state index in [2.05, 4.69) is 5.32 Å². The highest BCUT2D eigenvalue weighted by molar-refractivity contribution is 7.85. The second kappa shape index (κ2) is 7.23. The van der Waals surface area contributed by atoms with E-state index in [0.29, 0.717) is 10.6 Å². The smallest absolute Gasteiger partial charge is 0.285 e. The largest absolute Gasteiger partial charge is 0.313 e. The predicted octanol–water partition coefficient (Wildman–Crippen LogP) is 2.09. The maximum absolute atomic E-state index is 12.2. The number of nitrogens with one attached hydrogen (secondary N) is 1. The standard InChI is InChI=1S/C12H18N2O3S/c1-3-10(13-4-2)9-18(17)12-8-6-5-7-11(12)14(15)16/h5-8,10,13H,3-4,9H2,1-2H3. The first-order valence-electron chi connectivity index (χ1n) is 5.95. The van der Waals surface area contributed by atoms with Crippen LogP contribution >= 0.6 is 0 Å². The molecule has 1 aromatic carbocycles. The number of nitro benzene ring substituents is 1. The van der Waals surface area contributed by atoms with Crippen LogP contribution in [0.2, 0.25) is 0 Å². The van der Waals surface area contributed by atoms with Crippen LogP contribution in [0.3, 0.4) is 0 Å². The maximum Gasteiger partial charge on any atom is 0.285 e. The molecule has 0 radical (unpaired) electrons. The molecule has 0 aliphatic heterocycles. The van der Waals surface area contributed by atoms with Crippen molar-refractivity contribution in [2.24, 2.45) is 0 Å². The Morgan fingerprint density at radius 3 is 2.61 bits per heavy atom. The lowest BCUT2D eigenvalue weighted by molar-refractivity contribution is -0.387. The molecule has 2 unspecified atom stereocenters. The summed E-state index contributed by atoms with van der Waals surface area (Å²) in [4.78, 5) is 10.7. The molecular formula is C12H18N2O3S. The molecule has 0 spiro atoms. The second-order valence-electron chi connectivity index (χ2n) is 3.90. The number of nitrogens with zero attached hydrogens (tertiary/aromatic N) is 1. The second-order valence-corrected chi connectivity index (χ2v) is 5.36. The first-order valence-corrected chi connectivity index (χ1v) is 7.27. The van der Waals surface area contributed by atoms with Crippen molar-refractivity contribution in [2.75, 3.05) is 12.3 Å². The molecule has 0 amide bonds. The van der Waals surface area contributed by atoms with Gasteiger partial charge in [-0.25, -0.2) is 0 Å². The molecule has 0 heterocycles. The van der Waals surface area contributed by atoms with E-state index in [-0.39, 0.29) is 11.7 Å². The Balaban J connectivity index is 2.87. The Kier molecular flexibility index (Phi) is 5.94. The van der Waals surface area contributed by atoms with Gasteiger partial charge >= 0.3 is 0 Å². The van der Waals surface area contributed by atoms with Crippen LogP contribution in [0.5, 0.6) is 0 Å². The summed E-state index contributed by atoms with van der Waals surface area (Å²) in [6, 6.07) is 6.33. The van der Waals surface area contributed by atoms with Crippen LogP contribution in [0.4, 0.5) is 5.69 Å². The zero-order chi connectivity index (χ0) is 13.5. The van der Waals surface area contributed by atoms with Crippen molar-refractivity contribution in [1.29, 1.82) is 0 Å². The maximum atomic E-state index is 12.2. The average Bonchev–Trinajstić information content (AvgIpc) is 2.38. The Morgan fingerprint density at radius 1 is 1.39 bits per heavy atom. The summed E-state index contributed by atoms with van der Waals surface area (Å²) in [5.74, 6) is 0.398. The molecule has 0 aliphatic rings. The molecular weight excluding hydrogens is 252 g/mol. The van der Waals surface area contributed by atoms with Gasteiger partial charge in [-0.2, -0.15) is 0 Å². The molecule has 6 heteroatoms. The Bertz CT molecular complexity index is 437. The monoisotopic (exact) mass is 270 g/mol. The zero-order valence-corrected chi connectivity index (χ0v) is 11.4. The van der Waals surface area contributed by atoms with E-state index < -0.39 is 15.7 Å². The average molecular weight is 270 g/mol. The van der Waals surface area contributed by atoms with Crippen molar-refractivity contribution in [3.8, 4) is 0 Å². The molecule has 1 rings (SSSR count). The normalized spacial score (nSPS) is 14.1. The molecule has 1 N–H and O–H groups in total. The third-order valence-electron chi connectivity index (χ3n) is 2.65. The minimum atomic E-state index is -1.35. The summed E-state index contributed by atoms with van der Waals surface area (Å²) in [5.41, 5.74) is -0.0674. The van der Waals surface area contributed by atoms with Crippen molar-refractivity contribution in [3.63, 3.8) is 0 Å². The van der Waals surface area contributed by atoms with Crippen LogP contribution in [-0.2, 0) is 10.8 Å². The van der Waals surface area contributed by atoms with E-state index in [4.69, 9.17) is 0 Å². The number of hydrogen-bond donors (Lipinski definition) is 1. The number of nitro groups is 1. The van der Waals surface area contributed by atoms with Gasteiger partial charge in [0, 0.05) is 17.9 Å². The first-order chi connectivity index (χ1) is 8.60. The van der Waals surface area contributed by atoms with Gasteiger partial charge < -0.3 is 5.32 Å². The number of rotatable bonds is 7. The number of hydrogen-bond acceptors (Lipinski definition) is 4. The first kappa shape index (κ1) is 14.8. The van der Waals surface area contributed by atoms with Gasteiger partial charge in [0.15, 0.2) is 0 Å². The summed E-state index contributed by atoms with van der Waals surface area (Å²) >= 11 is 0. The van der Waals surface area contributed by atoms with E-state index in [9.17, 15) is 14.3 Å². The zero-order valence-electron chi connectivity index (χ0n) is 10.6. The van der Waals surface area contributed by atoms with Crippen molar-refractivity contribution in [2.45, 2.75) is 31.2 Å². The fourth-order valence-corrected chi connectivity index (χ4v) is 3.19. The van der Waals surface area contributed by atoms with Gasteiger partial charge in [-0.3, -0.25) is 14.3 Å². The summed E-state index contributed by atoms with van der Waals surface area (Å²) in [5, 5.41) is 14.1. The van der Waals surface area contributed by atoms with Crippen LogP contribution in [0.15, 0.2) is 29.2 Å². The van der Waals surface area contributed by atoms with Crippen LogP contribution < -0.4 is 5.32 Å². The summed E-state index contributed by atoms with van der Waals surface area (Å²) in [6.07, 6.45) is 0.847. The fourth-order valence-electron chi connectivity index (χ4n) is 1.68. The van der Waals surface area contributed by atoms with Gasteiger partial charge in [-0.1, -0.05) is 26.0 Å². The molecule has 0 aromatic heterocycles. The lowest BCUT2D eigenvalue weighted by Gasteiger charge is -2.15. The van der Waals surface area contributed by atoms with Crippen molar-refractivity contribution in [1.82, 2.24) is 5.32 Å². The Labute approximate surface area is 109 Å². The van der Waals surface area contributed by atoms with Crippen LogP contribution in [-0.4, -0.2) is 27.5 Å². The van der Waals surface area contributed by atoms with Gasteiger partial charge in [-0.05, 0) is 19.0 Å². The fraction of sp³-hybridized carbons (Fsp3) is 0.500. The van der Waals surface area contributed by atoms with Crippen LogP contribution in [0.25, 0.3) is 0 Å². The van der Waals surface area contributed by atoms with E-state index in [1.165, 1.54) is 6.07 Å². The Morgan fingerprint density at radius 2 is 2.06 bits per heavy atom. The van der Waals surface area contributed by atoms with E-state index >= 15 is 0 Å². The van der Waals surface area contributed by atoms with Crippen LogP contribution in [0.1, 0.15) is 20.3 Å². The van der Waals surface area contributed by atoms with Crippen molar-refractivity contribution < 1.29 is 9.13 Å². The van der Waals surface area contributed by atoms with Gasteiger partial charge in [-0.15, -0.1) is 0 Å². The highest BCUT2D eigenvalue weighted by Crippen LogP contribution is 2.22. The van der Waals surface area contributed by atoms with Crippen LogP contribution in [0, 0.1) is 10.1 Å². The molecule has 0 saturated carbocycles. The van der Waals surface area contributed by atoms with Gasteiger partial charge in [0.1, 0.15) is 4.90 Å². The van der Waals surface area contributed by atoms with E-state index in [0.717, 1.165) is 13.0 Å². The molecule has 100 valence electrons. The summed E-state index contributed by atoms with van der Waals surface area (Å²) in [7, 11) is -1.35. The SMILES string of the molecule is CCNC(CC)CS(=O)c1ccccc1[N+](=O)[O-]. The van der Waals surface area contributed by atoms with Gasteiger partial charge in [0.2, 0.25) is 0 Å².